The highest BCUT2D eigenvalue weighted by molar-refractivity contribution is 5.91. The standard InChI is InChI=1S/C16H30N2O5/c1-9(2)8-10(11(19)15(22)23-7)13(20)18-12(14(21)17-6)16(3,4)5/h9-12,19H,8H2,1-7H3,(H,17,21)(H,18,20)/t10-,11-,12+/m0/s1. The first kappa shape index (κ1) is 21.4. The van der Waals surface area contributed by atoms with Gasteiger partial charge in [0.2, 0.25) is 11.8 Å². The Hall–Kier alpha value is -1.63. The van der Waals surface area contributed by atoms with Crippen molar-refractivity contribution in [1.82, 2.24) is 10.6 Å². The summed E-state index contributed by atoms with van der Waals surface area (Å²) < 4.78 is 4.52. The number of nitrogens with one attached hydrogen (secondary N) is 2. The number of hydrogen-bond acceptors (Lipinski definition) is 5. The maximum Gasteiger partial charge on any atom is 0.335 e. The molecule has 7 nitrogen and oxygen atoms in total. The van der Waals surface area contributed by atoms with Crippen LogP contribution < -0.4 is 10.6 Å². The van der Waals surface area contributed by atoms with Crippen molar-refractivity contribution in [2.45, 2.75) is 53.2 Å². The molecule has 0 aromatic rings. The summed E-state index contributed by atoms with van der Waals surface area (Å²) in [6, 6.07) is -0.778. The molecule has 2 amide bonds. The van der Waals surface area contributed by atoms with Gasteiger partial charge < -0.3 is 20.5 Å². The highest BCUT2D eigenvalue weighted by atomic mass is 16.5. The topological polar surface area (TPSA) is 105 Å². The number of methoxy groups -OCH3 is 1. The molecule has 7 heteroatoms. The smallest absolute Gasteiger partial charge is 0.335 e. The second-order valence-electron chi connectivity index (χ2n) is 7.13. The monoisotopic (exact) mass is 330 g/mol. The first-order valence-corrected chi connectivity index (χ1v) is 7.73. The van der Waals surface area contributed by atoms with Gasteiger partial charge in [-0.1, -0.05) is 34.6 Å². The molecule has 0 saturated carbocycles. The lowest BCUT2D eigenvalue weighted by molar-refractivity contribution is -0.157. The third-order valence-corrected chi connectivity index (χ3v) is 3.55. The van der Waals surface area contributed by atoms with E-state index in [0.29, 0.717) is 6.42 Å². The summed E-state index contributed by atoms with van der Waals surface area (Å²) in [6.07, 6.45) is -1.26. The number of likely N-dealkylation sites (N-methyl/N-ethyl adjacent to an activating group) is 1. The molecule has 0 heterocycles. The Morgan fingerprint density at radius 2 is 1.65 bits per heavy atom. The zero-order valence-corrected chi connectivity index (χ0v) is 15.1. The summed E-state index contributed by atoms with van der Waals surface area (Å²) in [4.78, 5) is 36.2. The minimum atomic E-state index is -1.56. The van der Waals surface area contributed by atoms with Crippen LogP contribution in [0.4, 0.5) is 0 Å². The molecule has 0 rings (SSSR count). The summed E-state index contributed by atoms with van der Waals surface area (Å²) in [7, 11) is 2.64. The van der Waals surface area contributed by atoms with Crippen LogP contribution in [0, 0.1) is 17.3 Å². The number of aliphatic hydroxyl groups excluding tert-OH is 1. The molecule has 0 aliphatic heterocycles. The van der Waals surface area contributed by atoms with Crippen LogP contribution in [0.3, 0.4) is 0 Å². The number of ether oxygens (including phenoxy) is 1. The quantitative estimate of drug-likeness (QED) is 0.588. The van der Waals surface area contributed by atoms with E-state index in [1.165, 1.54) is 7.05 Å². The average Bonchev–Trinajstić information content (AvgIpc) is 2.46. The summed E-state index contributed by atoms with van der Waals surface area (Å²) in [5.74, 6) is -2.63. The summed E-state index contributed by atoms with van der Waals surface area (Å²) in [5.41, 5.74) is -0.519. The van der Waals surface area contributed by atoms with E-state index in [4.69, 9.17) is 0 Å². The van der Waals surface area contributed by atoms with Gasteiger partial charge in [0.25, 0.3) is 0 Å². The lowest BCUT2D eigenvalue weighted by atomic mass is 9.84. The molecule has 134 valence electrons. The number of esters is 1. The molecule has 0 radical (unpaired) electrons. The van der Waals surface area contributed by atoms with E-state index < -0.39 is 35.4 Å². The second-order valence-corrected chi connectivity index (χ2v) is 7.13. The van der Waals surface area contributed by atoms with Gasteiger partial charge in [-0.3, -0.25) is 9.59 Å². The molecule has 0 bridgehead atoms. The van der Waals surface area contributed by atoms with Gasteiger partial charge in [-0.25, -0.2) is 4.79 Å². The molecule has 0 aliphatic carbocycles. The third-order valence-electron chi connectivity index (χ3n) is 3.55. The Morgan fingerprint density at radius 1 is 1.13 bits per heavy atom. The van der Waals surface area contributed by atoms with Gasteiger partial charge in [0.1, 0.15) is 6.04 Å². The van der Waals surface area contributed by atoms with Crippen molar-refractivity contribution in [3.05, 3.63) is 0 Å². The number of hydrogen-bond donors (Lipinski definition) is 3. The lowest BCUT2D eigenvalue weighted by Crippen LogP contribution is -2.55. The molecule has 3 N–H and O–H groups in total. The molecule has 0 aliphatic rings. The predicted octanol–water partition coefficient (Wildman–Crippen LogP) is 0.460. The van der Waals surface area contributed by atoms with Crippen molar-refractivity contribution in [2.24, 2.45) is 17.3 Å². The highest BCUT2D eigenvalue weighted by Gasteiger charge is 2.38. The van der Waals surface area contributed by atoms with Crippen molar-refractivity contribution < 1.29 is 24.2 Å². The van der Waals surface area contributed by atoms with E-state index in [9.17, 15) is 19.5 Å². The zero-order valence-electron chi connectivity index (χ0n) is 15.1. The van der Waals surface area contributed by atoms with Crippen LogP contribution >= 0.6 is 0 Å². The number of carbonyl (C=O) groups excluding carboxylic acids is 3. The molecule has 0 saturated heterocycles. The van der Waals surface area contributed by atoms with Crippen molar-refractivity contribution in [3.63, 3.8) is 0 Å². The van der Waals surface area contributed by atoms with E-state index >= 15 is 0 Å². The van der Waals surface area contributed by atoms with Crippen LogP contribution in [0.2, 0.25) is 0 Å². The van der Waals surface area contributed by atoms with E-state index in [2.05, 4.69) is 15.4 Å². The first-order valence-electron chi connectivity index (χ1n) is 7.73. The number of carbonyl (C=O) groups is 3. The molecular weight excluding hydrogens is 300 g/mol. The highest BCUT2D eigenvalue weighted by Crippen LogP contribution is 2.22. The zero-order chi connectivity index (χ0) is 18.4. The fourth-order valence-corrected chi connectivity index (χ4v) is 2.24. The molecule has 0 aromatic carbocycles. The number of amides is 2. The maximum atomic E-state index is 12.6. The fraction of sp³-hybridized carbons (Fsp3) is 0.812. The first-order chi connectivity index (χ1) is 10.4. The van der Waals surface area contributed by atoms with Crippen LogP contribution in [-0.4, -0.2) is 49.2 Å². The molecule has 23 heavy (non-hydrogen) atoms. The Labute approximate surface area is 138 Å². The third kappa shape index (κ3) is 6.56. The van der Waals surface area contributed by atoms with Crippen molar-refractivity contribution in [3.8, 4) is 0 Å². The Balaban J connectivity index is 5.35. The predicted molar refractivity (Wildman–Crippen MR) is 86.4 cm³/mol. The minimum Gasteiger partial charge on any atom is -0.467 e. The van der Waals surface area contributed by atoms with Gasteiger partial charge >= 0.3 is 5.97 Å². The van der Waals surface area contributed by atoms with Gasteiger partial charge in [0.05, 0.1) is 13.0 Å². The van der Waals surface area contributed by atoms with Gasteiger partial charge in [-0.05, 0) is 17.8 Å². The largest absolute Gasteiger partial charge is 0.467 e. The van der Waals surface area contributed by atoms with Crippen LogP contribution in [0.25, 0.3) is 0 Å². The van der Waals surface area contributed by atoms with Gasteiger partial charge in [-0.15, -0.1) is 0 Å². The molecule has 0 spiro atoms. The molecular formula is C16H30N2O5. The van der Waals surface area contributed by atoms with Gasteiger partial charge in [-0.2, -0.15) is 0 Å². The molecule has 0 fully saturated rings. The Bertz CT molecular complexity index is 429. The van der Waals surface area contributed by atoms with Crippen LogP contribution in [0.1, 0.15) is 41.0 Å². The maximum absolute atomic E-state index is 12.6. The lowest BCUT2D eigenvalue weighted by Gasteiger charge is -2.32. The van der Waals surface area contributed by atoms with E-state index in [1.807, 2.05) is 34.6 Å². The summed E-state index contributed by atoms with van der Waals surface area (Å²) in [5, 5.41) is 15.2. The van der Waals surface area contributed by atoms with E-state index in [-0.39, 0.29) is 11.8 Å². The van der Waals surface area contributed by atoms with E-state index in [1.54, 1.807) is 0 Å². The van der Waals surface area contributed by atoms with E-state index in [0.717, 1.165) is 7.11 Å². The van der Waals surface area contributed by atoms with Gasteiger partial charge in [0.15, 0.2) is 6.10 Å². The SMILES string of the molecule is CNC(=O)[C@@H](NC(=O)[C@@H](CC(C)C)[C@H](O)C(=O)OC)C(C)(C)C. The van der Waals surface area contributed by atoms with Crippen molar-refractivity contribution in [1.29, 1.82) is 0 Å². The Morgan fingerprint density at radius 3 is 2.00 bits per heavy atom. The molecule has 0 unspecified atom stereocenters. The molecule has 3 atom stereocenters. The van der Waals surface area contributed by atoms with Crippen LogP contribution in [-0.2, 0) is 19.1 Å². The van der Waals surface area contributed by atoms with Gasteiger partial charge in [0, 0.05) is 7.05 Å². The Kier molecular flexibility index (Phi) is 8.23. The normalized spacial score (nSPS) is 15.5. The second kappa shape index (κ2) is 8.86. The number of aliphatic hydroxyl groups is 1. The van der Waals surface area contributed by atoms with Crippen molar-refractivity contribution >= 4 is 17.8 Å². The number of rotatable bonds is 7. The average molecular weight is 330 g/mol. The van der Waals surface area contributed by atoms with Crippen LogP contribution in [0.5, 0.6) is 0 Å². The molecule has 0 aromatic heterocycles. The summed E-state index contributed by atoms with van der Waals surface area (Å²) >= 11 is 0. The summed E-state index contributed by atoms with van der Waals surface area (Å²) in [6.45, 7) is 9.22. The van der Waals surface area contributed by atoms with Crippen molar-refractivity contribution in [2.75, 3.05) is 14.2 Å². The van der Waals surface area contributed by atoms with Crippen LogP contribution in [0.15, 0.2) is 0 Å². The minimum absolute atomic E-state index is 0.0816. The fourth-order valence-electron chi connectivity index (χ4n) is 2.24.